The van der Waals surface area contributed by atoms with E-state index in [4.69, 9.17) is 9.84 Å². The van der Waals surface area contributed by atoms with Gasteiger partial charge in [0.25, 0.3) is 11.6 Å². The molecule has 0 atom stereocenters. The summed E-state index contributed by atoms with van der Waals surface area (Å²) in [6, 6.07) is 5.52. The number of carboxylic acids is 1. The van der Waals surface area contributed by atoms with E-state index in [0.29, 0.717) is 0 Å². The van der Waals surface area contributed by atoms with Gasteiger partial charge < -0.3 is 14.7 Å². The molecule has 0 aromatic heterocycles. The van der Waals surface area contributed by atoms with Crippen molar-refractivity contribution in [1.29, 1.82) is 0 Å². The van der Waals surface area contributed by atoms with Crippen molar-refractivity contribution in [2.24, 2.45) is 5.92 Å². The zero-order chi connectivity index (χ0) is 14.7. The van der Waals surface area contributed by atoms with Crippen LogP contribution in [-0.2, 0) is 9.59 Å². The molecule has 2 rings (SSSR count). The number of ether oxygens (including phenoxy) is 1. The van der Waals surface area contributed by atoms with E-state index in [2.05, 4.69) is 0 Å². The van der Waals surface area contributed by atoms with Crippen LogP contribution in [0.5, 0.6) is 5.75 Å². The number of carboxylic acid groups (broad SMARTS) is 1. The van der Waals surface area contributed by atoms with Crippen LogP contribution in [0.15, 0.2) is 24.3 Å². The molecule has 0 spiro atoms. The van der Waals surface area contributed by atoms with Crippen LogP contribution < -0.4 is 4.74 Å². The third kappa shape index (κ3) is 3.02. The molecule has 1 fully saturated rings. The van der Waals surface area contributed by atoms with Crippen LogP contribution in [0.3, 0.4) is 0 Å². The lowest BCUT2D eigenvalue weighted by Gasteiger charge is -2.36. The summed E-state index contributed by atoms with van der Waals surface area (Å²) in [6.07, 6.45) is 0. The van der Waals surface area contributed by atoms with E-state index in [1.807, 2.05) is 0 Å². The number of benzene rings is 1. The number of non-ortho nitro benzene ring substituents is 1. The van der Waals surface area contributed by atoms with Gasteiger partial charge in [0.15, 0.2) is 6.61 Å². The van der Waals surface area contributed by atoms with Crippen molar-refractivity contribution in [3.8, 4) is 5.75 Å². The smallest absolute Gasteiger partial charge is 0.310 e. The molecule has 8 nitrogen and oxygen atoms in total. The average molecular weight is 280 g/mol. The first-order valence-electron chi connectivity index (χ1n) is 5.85. The zero-order valence-electron chi connectivity index (χ0n) is 10.4. The number of hydrogen-bond acceptors (Lipinski definition) is 5. The van der Waals surface area contributed by atoms with Crippen molar-refractivity contribution in [1.82, 2.24) is 4.90 Å². The molecule has 1 aliphatic heterocycles. The SMILES string of the molecule is O=C(O)C1CN(C(=O)COc2cccc([N+](=O)[O-])c2)C1. The Balaban J connectivity index is 1.84. The van der Waals surface area contributed by atoms with E-state index in [1.165, 1.54) is 29.2 Å². The monoisotopic (exact) mass is 280 g/mol. The second kappa shape index (κ2) is 5.55. The van der Waals surface area contributed by atoms with Gasteiger partial charge in [-0.05, 0) is 6.07 Å². The van der Waals surface area contributed by atoms with Crippen LogP contribution in [0.25, 0.3) is 0 Å². The Morgan fingerprint density at radius 1 is 1.45 bits per heavy atom. The topological polar surface area (TPSA) is 110 Å². The Labute approximate surface area is 113 Å². The number of nitro groups is 1. The molecule has 1 N–H and O–H groups in total. The van der Waals surface area contributed by atoms with Crippen molar-refractivity contribution in [3.05, 3.63) is 34.4 Å². The molecule has 1 aliphatic rings. The summed E-state index contributed by atoms with van der Waals surface area (Å²) in [5.41, 5.74) is -0.121. The van der Waals surface area contributed by atoms with Gasteiger partial charge >= 0.3 is 5.97 Å². The lowest BCUT2D eigenvalue weighted by molar-refractivity contribution is -0.384. The molecule has 8 heteroatoms. The highest BCUT2D eigenvalue weighted by molar-refractivity contribution is 5.82. The summed E-state index contributed by atoms with van der Waals surface area (Å²) in [5.74, 6) is -1.55. The molecule has 0 unspecified atom stereocenters. The molecule has 1 aromatic carbocycles. The van der Waals surface area contributed by atoms with Crippen molar-refractivity contribution < 1.29 is 24.4 Å². The predicted octanol–water partition coefficient (Wildman–Crippen LogP) is 0.517. The molecular weight excluding hydrogens is 268 g/mol. The van der Waals surface area contributed by atoms with Gasteiger partial charge in [-0.1, -0.05) is 6.07 Å². The lowest BCUT2D eigenvalue weighted by atomic mass is 10.0. The molecule has 0 radical (unpaired) electrons. The number of carbonyl (C=O) groups is 2. The predicted molar refractivity (Wildman–Crippen MR) is 66.3 cm³/mol. The van der Waals surface area contributed by atoms with Crippen LogP contribution in [0.1, 0.15) is 0 Å². The molecule has 0 saturated carbocycles. The Kier molecular flexibility index (Phi) is 3.83. The van der Waals surface area contributed by atoms with E-state index in [0.717, 1.165) is 0 Å². The van der Waals surface area contributed by atoms with Gasteiger partial charge in [0.05, 0.1) is 16.9 Å². The van der Waals surface area contributed by atoms with E-state index < -0.39 is 16.8 Å². The van der Waals surface area contributed by atoms with Crippen LogP contribution in [0, 0.1) is 16.0 Å². The zero-order valence-corrected chi connectivity index (χ0v) is 10.4. The molecule has 0 aliphatic carbocycles. The molecule has 1 heterocycles. The minimum absolute atomic E-state index is 0.121. The van der Waals surface area contributed by atoms with Crippen LogP contribution in [0.4, 0.5) is 5.69 Å². The average Bonchev–Trinajstić information content (AvgIpc) is 2.34. The van der Waals surface area contributed by atoms with Crippen LogP contribution in [0.2, 0.25) is 0 Å². The maximum atomic E-state index is 11.7. The highest BCUT2D eigenvalue weighted by atomic mass is 16.6. The number of nitrogens with zero attached hydrogens (tertiary/aromatic N) is 2. The normalized spacial score (nSPS) is 14.5. The largest absolute Gasteiger partial charge is 0.484 e. The number of rotatable bonds is 5. The summed E-state index contributed by atoms with van der Waals surface area (Å²) in [6.45, 7) is 0.0758. The fourth-order valence-corrected chi connectivity index (χ4v) is 1.76. The van der Waals surface area contributed by atoms with Gasteiger partial charge in [-0.2, -0.15) is 0 Å². The molecule has 1 saturated heterocycles. The van der Waals surface area contributed by atoms with Crippen molar-refractivity contribution in [3.63, 3.8) is 0 Å². The standard InChI is InChI=1S/C12H12N2O6/c15-11(13-5-8(6-13)12(16)17)7-20-10-3-1-2-9(4-10)14(18)19/h1-4,8H,5-7H2,(H,16,17). The molecular formula is C12H12N2O6. The number of amides is 1. The highest BCUT2D eigenvalue weighted by Gasteiger charge is 2.35. The first kappa shape index (κ1) is 13.8. The third-order valence-corrected chi connectivity index (χ3v) is 2.97. The second-order valence-corrected chi connectivity index (χ2v) is 4.38. The molecule has 106 valence electrons. The van der Waals surface area contributed by atoms with E-state index >= 15 is 0 Å². The summed E-state index contributed by atoms with van der Waals surface area (Å²) < 4.78 is 5.17. The minimum atomic E-state index is -0.923. The fraction of sp³-hybridized carbons (Fsp3) is 0.333. The number of aliphatic carboxylic acids is 1. The van der Waals surface area contributed by atoms with Crippen molar-refractivity contribution >= 4 is 17.6 Å². The van der Waals surface area contributed by atoms with E-state index in [9.17, 15) is 19.7 Å². The first-order valence-corrected chi connectivity index (χ1v) is 5.85. The summed E-state index contributed by atoms with van der Waals surface area (Å²) in [4.78, 5) is 33.6. The van der Waals surface area contributed by atoms with Crippen LogP contribution in [-0.4, -0.2) is 46.5 Å². The summed E-state index contributed by atoms with van der Waals surface area (Å²) >= 11 is 0. The third-order valence-electron chi connectivity index (χ3n) is 2.97. The van der Waals surface area contributed by atoms with E-state index in [1.54, 1.807) is 0 Å². The molecule has 1 amide bonds. The molecule has 20 heavy (non-hydrogen) atoms. The quantitative estimate of drug-likeness (QED) is 0.621. The minimum Gasteiger partial charge on any atom is -0.484 e. The highest BCUT2D eigenvalue weighted by Crippen LogP contribution is 2.20. The summed E-state index contributed by atoms with van der Waals surface area (Å²) in [5, 5.41) is 19.3. The second-order valence-electron chi connectivity index (χ2n) is 4.38. The Morgan fingerprint density at radius 2 is 2.15 bits per heavy atom. The summed E-state index contributed by atoms with van der Waals surface area (Å²) in [7, 11) is 0. The number of nitro benzene ring substituents is 1. The van der Waals surface area contributed by atoms with Crippen molar-refractivity contribution in [2.45, 2.75) is 0 Å². The Bertz CT molecular complexity index is 553. The van der Waals surface area contributed by atoms with Gasteiger partial charge in [-0.3, -0.25) is 19.7 Å². The van der Waals surface area contributed by atoms with Crippen molar-refractivity contribution in [2.75, 3.05) is 19.7 Å². The van der Waals surface area contributed by atoms with Gasteiger partial charge in [0.1, 0.15) is 5.75 Å². The number of carbonyl (C=O) groups excluding carboxylic acids is 1. The van der Waals surface area contributed by atoms with Gasteiger partial charge in [-0.15, -0.1) is 0 Å². The maximum Gasteiger partial charge on any atom is 0.310 e. The molecule has 1 aromatic rings. The number of likely N-dealkylation sites (tertiary alicyclic amines) is 1. The first-order chi connectivity index (χ1) is 9.47. The van der Waals surface area contributed by atoms with Gasteiger partial charge in [0.2, 0.25) is 0 Å². The lowest BCUT2D eigenvalue weighted by Crippen LogP contribution is -2.54. The van der Waals surface area contributed by atoms with Crippen LogP contribution >= 0.6 is 0 Å². The van der Waals surface area contributed by atoms with E-state index in [-0.39, 0.29) is 37.0 Å². The van der Waals surface area contributed by atoms with Gasteiger partial charge in [-0.25, -0.2) is 0 Å². The fourth-order valence-electron chi connectivity index (χ4n) is 1.76. The molecule has 0 bridgehead atoms. The maximum absolute atomic E-state index is 11.7. The Hall–Kier alpha value is -2.64. The van der Waals surface area contributed by atoms with Gasteiger partial charge in [0, 0.05) is 19.2 Å². The Morgan fingerprint density at radius 3 is 2.75 bits per heavy atom. The number of hydrogen-bond donors (Lipinski definition) is 1.